The van der Waals surface area contributed by atoms with Crippen LogP contribution in [0.1, 0.15) is 80.1 Å². The molecule has 0 aliphatic carbocycles. The maximum absolute atomic E-state index is 10.4. The SMILES string of the molecule is CC(C)(CCC(=O)O)C(=O)O.CC(C)(CCC(=O)O)C(=O)O.CC(C)(CCC(=O)[O-])C(=O)[O-].[Na+].[Na+]. The first-order valence-corrected chi connectivity index (χ1v) is 9.90. The minimum atomic E-state index is -1.24. The zero-order chi connectivity index (χ0) is 27.2. The summed E-state index contributed by atoms with van der Waals surface area (Å²) in [5.74, 6) is -6.31. The first-order chi connectivity index (χ1) is 14.6. The fourth-order valence-corrected chi connectivity index (χ4v) is 1.57. The van der Waals surface area contributed by atoms with E-state index in [1.54, 1.807) is 0 Å². The quantitative estimate of drug-likeness (QED) is 0.175. The molecule has 0 atom stereocenters. The van der Waals surface area contributed by atoms with Crippen LogP contribution in [0.15, 0.2) is 0 Å². The Kier molecular flexibility index (Phi) is 25.0. The fourth-order valence-electron chi connectivity index (χ4n) is 1.57. The van der Waals surface area contributed by atoms with Crippen LogP contribution in [0.3, 0.4) is 0 Å². The molecule has 0 amide bonds. The van der Waals surface area contributed by atoms with E-state index in [-0.39, 0.29) is 97.6 Å². The van der Waals surface area contributed by atoms with Gasteiger partial charge in [-0.05, 0) is 53.4 Å². The monoisotopic (exact) mass is 524 g/mol. The predicted octanol–water partition coefficient (Wildman–Crippen LogP) is -5.78. The number of carboxylic acids is 6. The van der Waals surface area contributed by atoms with Gasteiger partial charge in [0.05, 0.1) is 10.8 Å². The molecule has 0 aromatic carbocycles. The molecule has 192 valence electrons. The van der Waals surface area contributed by atoms with Crippen molar-refractivity contribution in [1.29, 1.82) is 0 Å². The Balaban J connectivity index is -0.000000125. The first-order valence-electron chi connectivity index (χ1n) is 9.90. The molecule has 0 rings (SSSR count). The van der Waals surface area contributed by atoms with Crippen molar-refractivity contribution in [2.75, 3.05) is 0 Å². The number of hydrogen-bond acceptors (Lipinski definition) is 8. The third kappa shape index (κ3) is 25.7. The molecule has 0 aliphatic heterocycles. The summed E-state index contributed by atoms with van der Waals surface area (Å²) in [4.78, 5) is 61.3. The van der Waals surface area contributed by atoms with Crippen molar-refractivity contribution in [2.45, 2.75) is 80.1 Å². The zero-order valence-electron chi connectivity index (χ0n) is 21.8. The Morgan fingerprint density at radius 2 is 0.800 bits per heavy atom. The number of carbonyl (C=O) groups excluding carboxylic acids is 2. The van der Waals surface area contributed by atoms with E-state index in [1.165, 1.54) is 41.5 Å². The minimum absolute atomic E-state index is 0. The molecule has 14 heteroatoms. The Bertz CT molecular complexity index is 620. The Morgan fingerprint density at radius 1 is 0.543 bits per heavy atom. The van der Waals surface area contributed by atoms with E-state index in [4.69, 9.17) is 20.4 Å². The van der Waals surface area contributed by atoms with E-state index in [2.05, 4.69) is 0 Å². The molecule has 12 nitrogen and oxygen atoms in total. The fraction of sp³-hybridized carbons (Fsp3) is 0.714. The average molecular weight is 524 g/mol. The zero-order valence-corrected chi connectivity index (χ0v) is 25.8. The third-order valence-electron chi connectivity index (χ3n) is 4.59. The van der Waals surface area contributed by atoms with E-state index in [0.29, 0.717) is 0 Å². The molecular formula is C21H34Na2O12. The van der Waals surface area contributed by atoms with Crippen LogP contribution >= 0.6 is 0 Å². The van der Waals surface area contributed by atoms with Gasteiger partial charge in [0.15, 0.2) is 0 Å². The minimum Gasteiger partial charge on any atom is -0.550 e. The van der Waals surface area contributed by atoms with Gasteiger partial charge in [-0.25, -0.2) is 0 Å². The molecule has 0 fully saturated rings. The third-order valence-corrected chi connectivity index (χ3v) is 4.59. The van der Waals surface area contributed by atoms with Gasteiger partial charge < -0.3 is 40.2 Å². The second kappa shape index (κ2) is 19.9. The summed E-state index contributed by atoms with van der Waals surface area (Å²) in [6.07, 6.45) is -0.0768. The van der Waals surface area contributed by atoms with Gasteiger partial charge in [-0.3, -0.25) is 19.2 Å². The van der Waals surface area contributed by atoms with E-state index >= 15 is 0 Å². The second-order valence-corrected chi connectivity index (χ2v) is 9.21. The number of hydrogen-bond donors (Lipinski definition) is 4. The topological polar surface area (TPSA) is 229 Å². The molecule has 0 aromatic heterocycles. The normalized spacial score (nSPS) is 10.5. The Morgan fingerprint density at radius 3 is 0.971 bits per heavy atom. The van der Waals surface area contributed by atoms with Crippen molar-refractivity contribution in [3.8, 4) is 0 Å². The summed E-state index contributed by atoms with van der Waals surface area (Å²) >= 11 is 0. The standard InChI is InChI=1S/3C7H12O4.2Na/c3*1-7(2,6(10)11)4-3-5(8)9;;/h3*3-4H2,1-2H3,(H,8,9)(H,10,11);;/q;;;2*+1/p-2. The smallest absolute Gasteiger partial charge is 0.550 e. The van der Waals surface area contributed by atoms with Gasteiger partial charge in [-0.15, -0.1) is 0 Å². The molecule has 0 spiro atoms. The molecule has 0 unspecified atom stereocenters. The molecule has 4 N–H and O–H groups in total. The van der Waals surface area contributed by atoms with Crippen molar-refractivity contribution in [3.63, 3.8) is 0 Å². The number of aliphatic carboxylic acids is 6. The molecule has 35 heavy (non-hydrogen) atoms. The molecule has 0 heterocycles. The van der Waals surface area contributed by atoms with Crippen molar-refractivity contribution in [3.05, 3.63) is 0 Å². The second-order valence-electron chi connectivity index (χ2n) is 9.21. The van der Waals surface area contributed by atoms with Crippen molar-refractivity contribution in [2.24, 2.45) is 16.2 Å². The van der Waals surface area contributed by atoms with Crippen molar-refractivity contribution < 1.29 is 119 Å². The summed E-state index contributed by atoms with van der Waals surface area (Å²) in [6, 6.07) is 0. The number of carbonyl (C=O) groups is 6. The molecule has 0 bridgehead atoms. The van der Waals surface area contributed by atoms with E-state index < -0.39 is 52.1 Å². The van der Waals surface area contributed by atoms with Gasteiger partial charge in [0, 0.05) is 30.2 Å². The van der Waals surface area contributed by atoms with E-state index in [9.17, 15) is 39.0 Å². The molecule has 0 saturated heterocycles. The van der Waals surface area contributed by atoms with Crippen LogP contribution in [0.25, 0.3) is 0 Å². The molecule has 0 radical (unpaired) electrons. The van der Waals surface area contributed by atoms with Gasteiger partial charge in [0.1, 0.15) is 0 Å². The van der Waals surface area contributed by atoms with E-state index in [0.717, 1.165) is 0 Å². The summed E-state index contributed by atoms with van der Waals surface area (Å²) in [5, 5.41) is 53.9. The van der Waals surface area contributed by atoms with Crippen molar-refractivity contribution in [1.82, 2.24) is 0 Å². The van der Waals surface area contributed by atoms with Gasteiger partial charge >= 0.3 is 83.0 Å². The van der Waals surface area contributed by atoms with Crippen LogP contribution in [0, 0.1) is 16.2 Å². The number of rotatable bonds is 12. The number of carboxylic acid groups (broad SMARTS) is 6. The van der Waals surface area contributed by atoms with Crippen LogP contribution < -0.4 is 69.3 Å². The average Bonchev–Trinajstić information content (AvgIpc) is 2.64. The summed E-state index contributed by atoms with van der Waals surface area (Å²) < 4.78 is 0. The summed E-state index contributed by atoms with van der Waals surface area (Å²) in [7, 11) is 0. The largest absolute Gasteiger partial charge is 1.00 e. The van der Waals surface area contributed by atoms with Crippen LogP contribution in [0.4, 0.5) is 0 Å². The maximum Gasteiger partial charge on any atom is 1.00 e. The van der Waals surface area contributed by atoms with Crippen molar-refractivity contribution >= 4 is 35.8 Å². The molecular weight excluding hydrogens is 490 g/mol. The summed E-state index contributed by atoms with van der Waals surface area (Å²) in [6.45, 7) is 8.89. The molecule has 0 saturated carbocycles. The van der Waals surface area contributed by atoms with Gasteiger partial charge in [0.25, 0.3) is 0 Å². The maximum atomic E-state index is 10.4. The predicted molar refractivity (Wildman–Crippen MR) is 110 cm³/mol. The Labute approximate surface area is 249 Å². The van der Waals surface area contributed by atoms with Crippen LogP contribution in [0.5, 0.6) is 0 Å². The summed E-state index contributed by atoms with van der Waals surface area (Å²) in [5.41, 5.74) is -2.95. The Hall–Kier alpha value is -1.18. The molecule has 0 aliphatic rings. The van der Waals surface area contributed by atoms with Gasteiger partial charge in [-0.2, -0.15) is 0 Å². The molecule has 0 aromatic rings. The van der Waals surface area contributed by atoms with Crippen LogP contribution in [0.2, 0.25) is 0 Å². The van der Waals surface area contributed by atoms with Gasteiger partial charge in [0.2, 0.25) is 0 Å². The van der Waals surface area contributed by atoms with Crippen LogP contribution in [-0.2, 0) is 28.8 Å². The van der Waals surface area contributed by atoms with Gasteiger partial charge in [-0.1, -0.05) is 13.8 Å². The van der Waals surface area contributed by atoms with Crippen LogP contribution in [-0.4, -0.2) is 56.2 Å². The first kappa shape index (κ1) is 43.9. The van der Waals surface area contributed by atoms with E-state index in [1.807, 2.05) is 0 Å².